The smallest absolute Gasteiger partial charge is 0.194 e. The van der Waals surface area contributed by atoms with E-state index in [2.05, 4.69) is 0 Å². The number of carbonyl (C=O) groups excluding carboxylic acids is 1. The van der Waals surface area contributed by atoms with Crippen molar-refractivity contribution in [1.29, 1.82) is 0 Å². The minimum atomic E-state index is 0.119. The van der Waals surface area contributed by atoms with Gasteiger partial charge in [-0.1, -0.05) is 36.4 Å². The maximum absolute atomic E-state index is 12.2. The van der Waals surface area contributed by atoms with Crippen molar-refractivity contribution in [1.82, 2.24) is 0 Å². The van der Waals surface area contributed by atoms with Crippen LogP contribution < -0.4 is 0 Å². The van der Waals surface area contributed by atoms with Crippen molar-refractivity contribution >= 4 is 5.78 Å². The van der Waals surface area contributed by atoms with Gasteiger partial charge in [-0.15, -0.1) is 0 Å². The first-order chi connectivity index (χ1) is 8.31. The van der Waals surface area contributed by atoms with Crippen LogP contribution in [0.1, 0.15) is 21.5 Å². The van der Waals surface area contributed by atoms with E-state index in [0.717, 1.165) is 27.8 Å². The molecule has 0 aromatic heterocycles. The van der Waals surface area contributed by atoms with Gasteiger partial charge in [0.05, 0.1) is 6.61 Å². The molecule has 2 aromatic rings. The molecule has 0 amide bonds. The van der Waals surface area contributed by atoms with E-state index in [9.17, 15) is 4.79 Å². The Morgan fingerprint density at radius 1 is 0.941 bits per heavy atom. The maximum atomic E-state index is 12.2. The average Bonchev–Trinajstić information content (AvgIpc) is 2.65. The molecule has 2 heteroatoms. The van der Waals surface area contributed by atoms with Crippen molar-refractivity contribution in [3.8, 4) is 11.1 Å². The lowest BCUT2D eigenvalue weighted by molar-refractivity contribution is 0.104. The van der Waals surface area contributed by atoms with Gasteiger partial charge in [0.15, 0.2) is 5.78 Å². The van der Waals surface area contributed by atoms with E-state index in [4.69, 9.17) is 4.74 Å². The fourth-order valence-electron chi connectivity index (χ4n) is 2.33. The van der Waals surface area contributed by atoms with E-state index < -0.39 is 0 Å². The second-order valence-corrected chi connectivity index (χ2v) is 4.19. The van der Waals surface area contributed by atoms with Crippen molar-refractivity contribution in [3.05, 3.63) is 59.2 Å². The number of fused-ring (bicyclic) bond motifs is 3. The molecule has 0 bridgehead atoms. The first kappa shape index (κ1) is 10.2. The van der Waals surface area contributed by atoms with Gasteiger partial charge in [-0.25, -0.2) is 0 Å². The third-order valence-corrected chi connectivity index (χ3v) is 3.10. The summed E-state index contributed by atoms with van der Waals surface area (Å²) in [4.78, 5) is 12.2. The summed E-state index contributed by atoms with van der Waals surface area (Å²) >= 11 is 0. The van der Waals surface area contributed by atoms with E-state index in [-0.39, 0.29) is 5.78 Å². The van der Waals surface area contributed by atoms with Crippen molar-refractivity contribution in [2.24, 2.45) is 0 Å². The molecule has 0 radical (unpaired) electrons. The Labute approximate surface area is 99.9 Å². The van der Waals surface area contributed by atoms with Crippen LogP contribution in [0.3, 0.4) is 0 Å². The fourth-order valence-corrected chi connectivity index (χ4v) is 2.33. The number of rotatable bonds is 2. The van der Waals surface area contributed by atoms with E-state index >= 15 is 0 Å². The molecule has 0 saturated carbocycles. The lowest BCUT2D eigenvalue weighted by Crippen LogP contribution is -1.96. The van der Waals surface area contributed by atoms with E-state index in [1.54, 1.807) is 7.11 Å². The van der Waals surface area contributed by atoms with Crippen LogP contribution in [0.25, 0.3) is 11.1 Å². The molecule has 17 heavy (non-hydrogen) atoms. The number of ketones is 1. The summed E-state index contributed by atoms with van der Waals surface area (Å²) in [5.74, 6) is 0.119. The average molecular weight is 224 g/mol. The highest BCUT2D eigenvalue weighted by molar-refractivity contribution is 6.21. The minimum absolute atomic E-state index is 0.119. The first-order valence-corrected chi connectivity index (χ1v) is 5.57. The maximum Gasteiger partial charge on any atom is 0.194 e. The summed E-state index contributed by atoms with van der Waals surface area (Å²) in [6.07, 6.45) is 0. The molecule has 0 saturated heterocycles. The number of hydrogen-bond donors (Lipinski definition) is 0. The minimum Gasteiger partial charge on any atom is -0.380 e. The van der Waals surface area contributed by atoms with Crippen LogP contribution in [0.15, 0.2) is 42.5 Å². The van der Waals surface area contributed by atoms with Crippen molar-refractivity contribution < 1.29 is 9.53 Å². The van der Waals surface area contributed by atoms with Crippen LogP contribution in [-0.4, -0.2) is 12.9 Å². The molecule has 2 aromatic carbocycles. The molecule has 1 aliphatic carbocycles. The molecule has 0 N–H and O–H groups in total. The number of hydrogen-bond acceptors (Lipinski definition) is 2. The molecule has 2 nitrogen and oxygen atoms in total. The molecule has 84 valence electrons. The number of carbonyl (C=O) groups is 1. The van der Waals surface area contributed by atoms with Gasteiger partial charge in [0.1, 0.15) is 0 Å². The summed E-state index contributed by atoms with van der Waals surface area (Å²) in [7, 11) is 1.66. The Balaban J connectivity index is 2.17. The lowest BCUT2D eigenvalue weighted by atomic mass is 10.0. The molecule has 0 heterocycles. The van der Waals surface area contributed by atoms with Crippen LogP contribution in [0.2, 0.25) is 0 Å². The van der Waals surface area contributed by atoms with Gasteiger partial charge in [-0.2, -0.15) is 0 Å². The predicted molar refractivity (Wildman–Crippen MR) is 66.0 cm³/mol. The Morgan fingerprint density at radius 3 is 2.41 bits per heavy atom. The third kappa shape index (κ3) is 1.49. The Kier molecular flexibility index (Phi) is 2.30. The van der Waals surface area contributed by atoms with Crippen molar-refractivity contribution in [2.45, 2.75) is 6.61 Å². The van der Waals surface area contributed by atoms with Crippen molar-refractivity contribution in [2.75, 3.05) is 7.11 Å². The molecule has 0 atom stereocenters. The lowest BCUT2D eigenvalue weighted by Gasteiger charge is -2.03. The number of benzene rings is 2. The monoisotopic (exact) mass is 224 g/mol. The van der Waals surface area contributed by atoms with Crippen LogP contribution in [0.4, 0.5) is 0 Å². The van der Waals surface area contributed by atoms with Gasteiger partial charge >= 0.3 is 0 Å². The van der Waals surface area contributed by atoms with Gasteiger partial charge in [0.25, 0.3) is 0 Å². The second kappa shape index (κ2) is 3.82. The number of methoxy groups -OCH3 is 1. The molecular weight excluding hydrogens is 212 g/mol. The van der Waals surface area contributed by atoms with E-state index in [1.165, 1.54) is 0 Å². The van der Waals surface area contributed by atoms with Crippen LogP contribution in [-0.2, 0) is 11.3 Å². The van der Waals surface area contributed by atoms with Gasteiger partial charge in [0, 0.05) is 18.2 Å². The Hall–Kier alpha value is -1.93. The van der Waals surface area contributed by atoms with Crippen LogP contribution in [0.5, 0.6) is 0 Å². The standard InChI is InChI=1S/C15H12O2/c1-17-9-10-6-7-12-11-4-2-3-5-13(11)15(16)14(12)8-10/h2-8H,9H2,1H3. The zero-order valence-corrected chi connectivity index (χ0v) is 9.57. The van der Waals surface area contributed by atoms with E-state index in [0.29, 0.717) is 6.61 Å². The molecular formula is C15H12O2. The normalized spacial score (nSPS) is 12.4. The van der Waals surface area contributed by atoms with Gasteiger partial charge in [-0.05, 0) is 22.8 Å². The van der Waals surface area contributed by atoms with Gasteiger partial charge < -0.3 is 4.74 Å². The summed E-state index contributed by atoms with van der Waals surface area (Å²) in [5.41, 5.74) is 4.70. The molecule has 0 fully saturated rings. The third-order valence-electron chi connectivity index (χ3n) is 3.10. The Morgan fingerprint density at radius 2 is 1.65 bits per heavy atom. The molecule has 1 aliphatic rings. The molecule has 0 spiro atoms. The summed E-state index contributed by atoms with van der Waals surface area (Å²) < 4.78 is 5.09. The zero-order valence-electron chi connectivity index (χ0n) is 9.57. The van der Waals surface area contributed by atoms with Crippen LogP contribution in [0, 0.1) is 0 Å². The topological polar surface area (TPSA) is 26.3 Å². The van der Waals surface area contributed by atoms with E-state index in [1.807, 2.05) is 42.5 Å². The molecule has 0 unspecified atom stereocenters. The highest BCUT2D eigenvalue weighted by Gasteiger charge is 2.25. The molecule has 3 rings (SSSR count). The van der Waals surface area contributed by atoms with Crippen LogP contribution >= 0.6 is 0 Å². The first-order valence-electron chi connectivity index (χ1n) is 5.57. The zero-order chi connectivity index (χ0) is 11.8. The highest BCUT2D eigenvalue weighted by Crippen LogP contribution is 2.36. The highest BCUT2D eigenvalue weighted by atomic mass is 16.5. The summed E-state index contributed by atoms with van der Waals surface area (Å²) in [5, 5.41) is 0. The van der Waals surface area contributed by atoms with Gasteiger partial charge in [0.2, 0.25) is 0 Å². The Bertz CT molecular complexity index is 600. The SMILES string of the molecule is COCc1ccc2c(c1)C(=O)c1ccccc1-2. The molecule has 0 aliphatic heterocycles. The second-order valence-electron chi connectivity index (χ2n) is 4.19. The quantitative estimate of drug-likeness (QED) is 0.668. The fraction of sp³-hybridized carbons (Fsp3) is 0.133. The van der Waals surface area contributed by atoms with Crippen molar-refractivity contribution in [3.63, 3.8) is 0 Å². The predicted octanol–water partition coefficient (Wildman–Crippen LogP) is 3.04. The summed E-state index contributed by atoms with van der Waals surface area (Å²) in [6, 6.07) is 13.7. The number of ether oxygens (including phenoxy) is 1. The largest absolute Gasteiger partial charge is 0.380 e. The summed E-state index contributed by atoms with van der Waals surface area (Å²) in [6.45, 7) is 0.539. The van der Waals surface area contributed by atoms with Gasteiger partial charge in [-0.3, -0.25) is 4.79 Å².